The summed E-state index contributed by atoms with van der Waals surface area (Å²) in [6.45, 7) is 4.26. The zero-order valence-corrected chi connectivity index (χ0v) is 23.0. The average molecular weight is 576 g/mol. The first-order valence-corrected chi connectivity index (χ1v) is 13.8. The van der Waals surface area contributed by atoms with Crippen LogP contribution in [-0.4, -0.2) is 66.5 Å². The van der Waals surface area contributed by atoms with E-state index in [0.29, 0.717) is 51.0 Å². The number of nitrogens with one attached hydrogen (secondary N) is 3. The molecule has 0 unspecified atom stereocenters. The van der Waals surface area contributed by atoms with Gasteiger partial charge in [-0.25, -0.2) is 4.98 Å². The summed E-state index contributed by atoms with van der Waals surface area (Å²) in [4.78, 5) is 31.2. The minimum absolute atomic E-state index is 0.0178. The van der Waals surface area contributed by atoms with Gasteiger partial charge in [0, 0.05) is 48.6 Å². The van der Waals surface area contributed by atoms with E-state index in [1.54, 1.807) is 13.1 Å². The van der Waals surface area contributed by atoms with Gasteiger partial charge in [0.25, 0.3) is 5.91 Å². The minimum atomic E-state index is -4.57. The molecule has 1 aliphatic heterocycles. The second-order valence-corrected chi connectivity index (χ2v) is 10.8. The Morgan fingerprint density at radius 2 is 1.90 bits per heavy atom. The maximum absolute atomic E-state index is 12.9. The van der Waals surface area contributed by atoms with Crippen LogP contribution in [0.25, 0.3) is 0 Å². The van der Waals surface area contributed by atoms with E-state index < -0.39 is 35.7 Å². The fourth-order valence-corrected chi connectivity index (χ4v) is 5.35. The molecule has 12 heteroatoms. The number of benzene rings is 1. The van der Waals surface area contributed by atoms with Crippen LogP contribution in [0.3, 0.4) is 0 Å². The van der Waals surface area contributed by atoms with Crippen LogP contribution in [-0.2, 0) is 21.3 Å². The zero-order chi connectivity index (χ0) is 29.6. The van der Waals surface area contributed by atoms with Crippen molar-refractivity contribution in [3.05, 3.63) is 59.3 Å². The molecule has 0 bridgehead atoms. The lowest BCUT2D eigenvalue weighted by Gasteiger charge is -2.37. The first-order chi connectivity index (χ1) is 19.4. The fourth-order valence-electron chi connectivity index (χ4n) is 5.35. The number of morpholine rings is 1. The second kappa shape index (κ2) is 13.0. The third-order valence-corrected chi connectivity index (χ3v) is 7.72. The van der Waals surface area contributed by atoms with E-state index in [1.807, 2.05) is 12.1 Å². The van der Waals surface area contributed by atoms with Crippen molar-refractivity contribution in [1.29, 1.82) is 5.41 Å². The predicted octanol–water partition coefficient (Wildman–Crippen LogP) is 3.66. The van der Waals surface area contributed by atoms with E-state index in [0.717, 1.165) is 42.7 Å². The Bertz CT molecular complexity index is 1220. The van der Waals surface area contributed by atoms with E-state index in [-0.39, 0.29) is 17.5 Å². The molecule has 2 aliphatic rings. The molecule has 2 heterocycles. The summed E-state index contributed by atoms with van der Waals surface area (Å²) in [6.07, 6.45) is -0.257. The molecule has 9 nitrogen and oxygen atoms in total. The maximum atomic E-state index is 12.9. The van der Waals surface area contributed by atoms with Crippen molar-refractivity contribution < 1.29 is 32.6 Å². The van der Waals surface area contributed by atoms with Crippen LogP contribution >= 0.6 is 0 Å². The predicted molar refractivity (Wildman–Crippen MR) is 147 cm³/mol. The molecule has 1 aromatic heterocycles. The highest BCUT2D eigenvalue weighted by Gasteiger charge is 2.36. The Labute approximate surface area is 237 Å². The van der Waals surface area contributed by atoms with Crippen molar-refractivity contribution in [3.63, 3.8) is 0 Å². The first-order valence-electron chi connectivity index (χ1n) is 13.8. The molecule has 1 atom stereocenters. The number of halogens is 3. The van der Waals surface area contributed by atoms with Crippen LogP contribution < -0.4 is 15.5 Å². The lowest BCUT2D eigenvalue weighted by molar-refractivity contribution is -0.137. The highest BCUT2D eigenvalue weighted by atomic mass is 19.4. The van der Waals surface area contributed by atoms with Gasteiger partial charge < -0.3 is 30.8 Å². The summed E-state index contributed by atoms with van der Waals surface area (Å²) >= 11 is 0. The standard InChI is InChI=1S/C29H36F3N5O4/c1-19(36-26(38)18-35-27(39)21-3-2-4-22(16-21)29(30,31)32)15-24(33)20-7-9-28(40,10-8-20)23-5-6-25(34-17-23)37-11-13-41-14-12-37/h2-6,16-17,19-20,33,40H,7-15,18H2,1H3,(H,35,39)(H,36,38)/t19-,20?,28?/m1/s1. The topological polar surface area (TPSA) is 128 Å². The molecule has 2 amide bonds. The number of anilines is 1. The number of alkyl halides is 3. The largest absolute Gasteiger partial charge is 0.416 e. The molecule has 222 valence electrons. The number of hydrogen-bond donors (Lipinski definition) is 4. The SMILES string of the molecule is C[C@H](CC(=N)C1CCC(O)(c2ccc(N3CCOCC3)nc2)CC1)NC(=O)CNC(=O)c1cccc(C(F)(F)F)c1. The first kappa shape index (κ1) is 30.4. The van der Waals surface area contributed by atoms with Crippen LogP contribution in [0.15, 0.2) is 42.6 Å². The summed E-state index contributed by atoms with van der Waals surface area (Å²) in [6, 6.07) is 7.46. The number of aromatic nitrogens is 1. The molecule has 0 radical (unpaired) electrons. The van der Waals surface area contributed by atoms with Gasteiger partial charge in [0.2, 0.25) is 5.91 Å². The molecular weight excluding hydrogens is 539 g/mol. The Morgan fingerprint density at radius 1 is 1.20 bits per heavy atom. The van der Waals surface area contributed by atoms with E-state index in [1.165, 1.54) is 6.07 Å². The van der Waals surface area contributed by atoms with Crippen molar-refractivity contribution >= 4 is 23.3 Å². The number of rotatable bonds is 9. The number of carbonyl (C=O) groups is 2. The number of carbonyl (C=O) groups excluding carboxylic acids is 2. The molecule has 1 saturated heterocycles. The van der Waals surface area contributed by atoms with Crippen molar-refractivity contribution in [2.24, 2.45) is 5.92 Å². The monoisotopic (exact) mass is 575 g/mol. The Balaban J connectivity index is 1.20. The van der Waals surface area contributed by atoms with Crippen LogP contribution in [0.1, 0.15) is 60.5 Å². The van der Waals surface area contributed by atoms with E-state index in [2.05, 4.69) is 20.5 Å². The van der Waals surface area contributed by atoms with Gasteiger partial charge in [-0.15, -0.1) is 0 Å². The van der Waals surface area contributed by atoms with E-state index in [9.17, 15) is 27.9 Å². The molecular formula is C29H36F3N5O4. The molecule has 2 fully saturated rings. The highest BCUT2D eigenvalue weighted by molar-refractivity contribution is 5.96. The highest BCUT2D eigenvalue weighted by Crippen LogP contribution is 2.40. The molecule has 2 aromatic rings. The molecule has 1 saturated carbocycles. The second-order valence-electron chi connectivity index (χ2n) is 10.8. The quantitative estimate of drug-likeness (QED) is 0.338. The third-order valence-electron chi connectivity index (χ3n) is 7.72. The van der Waals surface area contributed by atoms with Crippen LogP contribution in [0.4, 0.5) is 19.0 Å². The van der Waals surface area contributed by atoms with Crippen molar-refractivity contribution in [2.45, 2.75) is 56.8 Å². The lowest BCUT2D eigenvalue weighted by atomic mass is 9.73. The van der Waals surface area contributed by atoms with Gasteiger partial charge in [0.05, 0.1) is 30.9 Å². The number of hydrogen-bond acceptors (Lipinski definition) is 7. The number of ether oxygens (including phenoxy) is 1. The number of nitrogens with zero attached hydrogens (tertiary/aromatic N) is 2. The third kappa shape index (κ3) is 8.04. The van der Waals surface area contributed by atoms with Crippen molar-refractivity contribution in [3.8, 4) is 0 Å². The summed E-state index contributed by atoms with van der Waals surface area (Å²) < 4.78 is 44.0. The molecule has 1 aliphatic carbocycles. The molecule has 0 spiro atoms. The molecule has 4 N–H and O–H groups in total. The summed E-state index contributed by atoms with van der Waals surface area (Å²) in [5, 5.41) is 24.9. The van der Waals surface area contributed by atoms with Crippen LogP contribution in [0.2, 0.25) is 0 Å². The van der Waals surface area contributed by atoms with Gasteiger partial charge in [0.1, 0.15) is 5.82 Å². The zero-order valence-electron chi connectivity index (χ0n) is 23.0. The van der Waals surface area contributed by atoms with Crippen molar-refractivity contribution in [2.75, 3.05) is 37.7 Å². The number of amides is 2. The van der Waals surface area contributed by atoms with E-state index >= 15 is 0 Å². The van der Waals surface area contributed by atoms with Gasteiger partial charge >= 0.3 is 6.18 Å². The average Bonchev–Trinajstić information content (AvgIpc) is 2.96. The molecule has 41 heavy (non-hydrogen) atoms. The number of pyridine rings is 1. The Morgan fingerprint density at radius 3 is 2.54 bits per heavy atom. The van der Waals surface area contributed by atoms with Crippen LogP contribution in [0, 0.1) is 11.3 Å². The molecule has 1 aromatic carbocycles. The normalized spacial score (nSPS) is 22.1. The van der Waals surface area contributed by atoms with Gasteiger partial charge in [0.15, 0.2) is 0 Å². The van der Waals surface area contributed by atoms with Gasteiger partial charge in [-0.05, 0) is 62.8 Å². The fraction of sp³-hybridized carbons (Fsp3) is 0.517. The Kier molecular flexibility index (Phi) is 9.64. The summed E-state index contributed by atoms with van der Waals surface area (Å²) in [7, 11) is 0. The molecule has 4 rings (SSSR count). The maximum Gasteiger partial charge on any atom is 0.416 e. The smallest absolute Gasteiger partial charge is 0.385 e. The Hall–Kier alpha value is -3.51. The summed E-state index contributed by atoms with van der Waals surface area (Å²) in [5.74, 6) is -0.442. The van der Waals surface area contributed by atoms with Gasteiger partial charge in [-0.1, -0.05) is 12.1 Å². The van der Waals surface area contributed by atoms with E-state index in [4.69, 9.17) is 10.1 Å². The van der Waals surface area contributed by atoms with Crippen molar-refractivity contribution in [1.82, 2.24) is 15.6 Å². The summed E-state index contributed by atoms with van der Waals surface area (Å²) in [5.41, 5.74) is -0.879. The lowest BCUT2D eigenvalue weighted by Crippen LogP contribution is -2.42. The number of aliphatic hydroxyl groups is 1. The van der Waals surface area contributed by atoms with Gasteiger partial charge in [-0.3, -0.25) is 9.59 Å². The van der Waals surface area contributed by atoms with Crippen LogP contribution in [0.5, 0.6) is 0 Å². The van der Waals surface area contributed by atoms with Gasteiger partial charge in [-0.2, -0.15) is 13.2 Å². The minimum Gasteiger partial charge on any atom is -0.385 e.